The third kappa shape index (κ3) is 4.24. The van der Waals surface area contributed by atoms with Crippen molar-refractivity contribution in [3.63, 3.8) is 0 Å². The van der Waals surface area contributed by atoms with Gasteiger partial charge in [0.25, 0.3) is 6.02 Å². The van der Waals surface area contributed by atoms with Gasteiger partial charge in [-0.1, -0.05) is 30.3 Å². The highest BCUT2D eigenvalue weighted by Gasteiger charge is 2.38. The van der Waals surface area contributed by atoms with Crippen molar-refractivity contribution in [2.45, 2.75) is 45.1 Å². The lowest BCUT2D eigenvalue weighted by Gasteiger charge is -2.38. The van der Waals surface area contributed by atoms with E-state index in [-0.39, 0.29) is 23.8 Å². The van der Waals surface area contributed by atoms with Gasteiger partial charge in [0, 0.05) is 19.6 Å². The molecule has 4 rings (SSSR count). The SMILES string of the molecule is CC(C)(C)OC(=N)N1CC2CN(Cc3ccccc3)CC1CO2. The highest BCUT2D eigenvalue weighted by Crippen LogP contribution is 2.22. The van der Waals surface area contributed by atoms with Gasteiger partial charge < -0.3 is 14.4 Å². The third-order valence-electron chi connectivity index (χ3n) is 4.21. The molecule has 5 heteroatoms. The van der Waals surface area contributed by atoms with Crippen LogP contribution in [-0.4, -0.2) is 59.8 Å². The van der Waals surface area contributed by atoms with Gasteiger partial charge in [0.15, 0.2) is 0 Å². The highest BCUT2D eigenvalue weighted by atomic mass is 16.5. The van der Waals surface area contributed by atoms with Gasteiger partial charge in [-0.3, -0.25) is 10.3 Å². The van der Waals surface area contributed by atoms with Crippen LogP contribution >= 0.6 is 0 Å². The second kappa shape index (κ2) is 6.49. The molecular weight excluding hydrogens is 290 g/mol. The number of morpholine rings is 1. The number of ether oxygens (including phenoxy) is 2. The minimum atomic E-state index is -0.340. The summed E-state index contributed by atoms with van der Waals surface area (Å²) in [5, 5.41) is 8.31. The van der Waals surface area contributed by atoms with E-state index in [1.807, 2.05) is 26.8 Å². The summed E-state index contributed by atoms with van der Waals surface area (Å²) in [5.74, 6) is 0. The van der Waals surface area contributed by atoms with Crippen molar-refractivity contribution in [1.29, 1.82) is 5.41 Å². The first-order chi connectivity index (χ1) is 10.9. The second-order valence-corrected chi connectivity index (χ2v) is 7.46. The Hall–Kier alpha value is -1.59. The number of rotatable bonds is 2. The van der Waals surface area contributed by atoms with Crippen molar-refractivity contribution in [2.75, 3.05) is 26.2 Å². The summed E-state index contributed by atoms with van der Waals surface area (Å²) in [4.78, 5) is 4.51. The summed E-state index contributed by atoms with van der Waals surface area (Å²) in [5.41, 5.74) is 0.981. The molecule has 3 heterocycles. The Balaban J connectivity index is 1.67. The highest BCUT2D eigenvalue weighted by molar-refractivity contribution is 5.71. The molecule has 0 spiro atoms. The summed E-state index contributed by atoms with van der Waals surface area (Å²) in [6.07, 6.45) is 0.140. The van der Waals surface area contributed by atoms with Gasteiger partial charge in [-0.2, -0.15) is 0 Å². The fourth-order valence-corrected chi connectivity index (χ4v) is 3.25. The topological polar surface area (TPSA) is 48.8 Å². The number of amidine groups is 1. The third-order valence-corrected chi connectivity index (χ3v) is 4.21. The molecule has 2 unspecified atom stereocenters. The first-order valence-corrected chi connectivity index (χ1v) is 8.33. The summed E-state index contributed by atoms with van der Waals surface area (Å²) < 4.78 is 11.7. The number of nitrogens with zero attached hydrogens (tertiary/aromatic N) is 2. The Morgan fingerprint density at radius 2 is 1.96 bits per heavy atom. The van der Waals surface area contributed by atoms with Crippen LogP contribution in [0.1, 0.15) is 26.3 Å². The van der Waals surface area contributed by atoms with E-state index in [9.17, 15) is 0 Å². The van der Waals surface area contributed by atoms with E-state index in [0.717, 1.165) is 26.2 Å². The molecule has 1 aromatic rings. The van der Waals surface area contributed by atoms with Crippen LogP contribution in [0.15, 0.2) is 30.3 Å². The molecule has 2 bridgehead atoms. The van der Waals surface area contributed by atoms with Crippen molar-refractivity contribution < 1.29 is 9.47 Å². The lowest BCUT2D eigenvalue weighted by molar-refractivity contribution is -0.0337. The maximum Gasteiger partial charge on any atom is 0.285 e. The predicted molar refractivity (Wildman–Crippen MR) is 90.5 cm³/mol. The molecule has 0 saturated carbocycles. The van der Waals surface area contributed by atoms with Gasteiger partial charge in [0.05, 0.1) is 25.3 Å². The Morgan fingerprint density at radius 3 is 2.65 bits per heavy atom. The molecule has 0 aromatic heterocycles. The van der Waals surface area contributed by atoms with Crippen molar-refractivity contribution in [2.24, 2.45) is 0 Å². The molecule has 0 aliphatic carbocycles. The Kier molecular flexibility index (Phi) is 4.60. The summed E-state index contributed by atoms with van der Waals surface area (Å²) in [6.45, 7) is 10.1. The Morgan fingerprint density at radius 1 is 1.22 bits per heavy atom. The zero-order valence-electron chi connectivity index (χ0n) is 14.3. The molecule has 0 amide bonds. The molecule has 1 aromatic carbocycles. The van der Waals surface area contributed by atoms with Crippen LogP contribution in [0.3, 0.4) is 0 Å². The van der Waals surface area contributed by atoms with Crippen LogP contribution in [-0.2, 0) is 16.0 Å². The molecule has 1 N–H and O–H groups in total. The van der Waals surface area contributed by atoms with E-state index in [0.29, 0.717) is 6.61 Å². The van der Waals surface area contributed by atoms with Gasteiger partial charge in [-0.05, 0) is 26.3 Å². The monoisotopic (exact) mass is 317 g/mol. The fourth-order valence-electron chi connectivity index (χ4n) is 3.25. The van der Waals surface area contributed by atoms with Crippen LogP contribution in [0.4, 0.5) is 0 Å². The normalized spacial score (nSPS) is 25.3. The first-order valence-electron chi connectivity index (χ1n) is 8.33. The van der Waals surface area contributed by atoms with Crippen molar-refractivity contribution >= 4 is 6.02 Å². The van der Waals surface area contributed by atoms with Crippen molar-refractivity contribution in [1.82, 2.24) is 9.80 Å². The molecular formula is C18H27N3O2. The van der Waals surface area contributed by atoms with Crippen LogP contribution in [0.25, 0.3) is 0 Å². The number of hydrogen-bond acceptors (Lipinski definition) is 4. The average molecular weight is 317 g/mol. The van der Waals surface area contributed by atoms with Gasteiger partial charge >= 0.3 is 0 Å². The van der Waals surface area contributed by atoms with Crippen LogP contribution in [0, 0.1) is 5.41 Å². The fraction of sp³-hybridized carbons (Fsp3) is 0.611. The minimum Gasteiger partial charge on any atom is -0.460 e. The molecule has 3 aliphatic rings. The van der Waals surface area contributed by atoms with Gasteiger partial charge in [-0.15, -0.1) is 0 Å². The van der Waals surface area contributed by atoms with Crippen molar-refractivity contribution in [3.05, 3.63) is 35.9 Å². The number of fused-ring (bicyclic) bond motifs is 4. The zero-order valence-corrected chi connectivity index (χ0v) is 14.3. The van der Waals surface area contributed by atoms with Gasteiger partial charge in [0.1, 0.15) is 5.60 Å². The van der Waals surface area contributed by atoms with Gasteiger partial charge in [-0.25, -0.2) is 0 Å². The molecule has 23 heavy (non-hydrogen) atoms. The van der Waals surface area contributed by atoms with Crippen LogP contribution in [0.2, 0.25) is 0 Å². The van der Waals surface area contributed by atoms with Gasteiger partial charge in [0.2, 0.25) is 0 Å². The lowest BCUT2D eigenvalue weighted by Crippen LogP contribution is -2.53. The van der Waals surface area contributed by atoms with Crippen molar-refractivity contribution in [3.8, 4) is 0 Å². The smallest absolute Gasteiger partial charge is 0.285 e. The summed E-state index contributed by atoms with van der Waals surface area (Å²) in [6, 6.07) is 11.0. The molecule has 0 radical (unpaired) electrons. The van der Waals surface area contributed by atoms with E-state index >= 15 is 0 Å². The second-order valence-electron chi connectivity index (χ2n) is 7.46. The predicted octanol–water partition coefficient (Wildman–Crippen LogP) is 2.32. The van der Waals surface area contributed by atoms with E-state index in [1.54, 1.807) is 0 Å². The summed E-state index contributed by atoms with van der Waals surface area (Å²) in [7, 11) is 0. The largest absolute Gasteiger partial charge is 0.460 e. The van der Waals surface area contributed by atoms with E-state index in [1.165, 1.54) is 5.56 Å². The van der Waals surface area contributed by atoms with E-state index < -0.39 is 0 Å². The molecule has 3 aliphatic heterocycles. The number of benzene rings is 1. The zero-order chi connectivity index (χ0) is 16.4. The molecule has 2 atom stereocenters. The molecule has 3 fully saturated rings. The van der Waals surface area contributed by atoms with Crippen LogP contribution in [0.5, 0.6) is 0 Å². The molecule has 126 valence electrons. The van der Waals surface area contributed by atoms with Crippen LogP contribution < -0.4 is 0 Å². The maximum atomic E-state index is 8.31. The summed E-state index contributed by atoms with van der Waals surface area (Å²) >= 11 is 0. The number of hydrogen-bond donors (Lipinski definition) is 1. The average Bonchev–Trinajstić information content (AvgIpc) is 2.77. The lowest BCUT2D eigenvalue weighted by atomic mass is 10.2. The Labute approximate surface area is 138 Å². The number of nitrogens with one attached hydrogen (secondary N) is 1. The maximum absolute atomic E-state index is 8.31. The minimum absolute atomic E-state index is 0.140. The Bertz CT molecular complexity index is 541. The molecule has 3 saturated heterocycles. The quantitative estimate of drug-likeness (QED) is 0.672. The first kappa shape index (κ1) is 16.3. The van der Waals surface area contributed by atoms with E-state index in [2.05, 4.69) is 34.1 Å². The standard InChI is InChI=1S/C18H27N3O2/c1-18(2,3)23-17(19)21-12-16-11-20(10-15(21)13-22-16)9-14-7-5-4-6-8-14/h4-8,15-16,19H,9-13H2,1-3H3. The van der Waals surface area contributed by atoms with E-state index in [4.69, 9.17) is 14.9 Å². The molecule has 5 nitrogen and oxygen atoms in total.